The minimum Gasteiger partial charge on any atom is -0.451 e. The van der Waals surface area contributed by atoms with Gasteiger partial charge in [-0.2, -0.15) is 10.4 Å². The van der Waals surface area contributed by atoms with Gasteiger partial charge in [0, 0.05) is 16.7 Å². The summed E-state index contributed by atoms with van der Waals surface area (Å²) in [4.78, 5) is 40.8. The van der Waals surface area contributed by atoms with Crippen molar-refractivity contribution >= 4 is 23.4 Å². The minimum absolute atomic E-state index is 0.0988. The first-order valence-electron chi connectivity index (χ1n) is 13.1. The largest absolute Gasteiger partial charge is 0.451 e. The molecule has 2 aromatic carbocycles. The van der Waals surface area contributed by atoms with Crippen LogP contribution in [-0.2, 0) is 4.79 Å². The molecule has 10 heteroatoms. The molecule has 2 N–H and O–H groups in total. The number of nitrogens with one attached hydrogen (secondary N) is 2. The SMILES string of the molecule is Cc1cc(Oc2ccc(C(=O)N[C@H](C)C(=O)N3[C@H](c4cccc(Cl)c4)CC[C@@H]3C(C)(C)C#N)cc2C)c(=O)[nH]n1. The van der Waals surface area contributed by atoms with Crippen LogP contribution in [0, 0.1) is 30.6 Å². The normalized spacial score (nSPS) is 17.7. The maximum absolute atomic E-state index is 13.8. The van der Waals surface area contributed by atoms with Crippen molar-refractivity contribution in [2.75, 3.05) is 0 Å². The van der Waals surface area contributed by atoms with Crippen LogP contribution in [0.4, 0.5) is 0 Å². The molecule has 2 heterocycles. The Hall–Kier alpha value is -4.16. The molecule has 3 atom stereocenters. The van der Waals surface area contributed by atoms with Gasteiger partial charge in [0.1, 0.15) is 11.8 Å². The Morgan fingerprint density at radius 1 is 1.18 bits per heavy atom. The number of amides is 2. The van der Waals surface area contributed by atoms with E-state index in [0.717, 1.165) is 5.56 Å². The fourth-order valence-corrected chi connectivity index (χ4v) is 5.29. The van der Waals surface area contributed by atoms with Gasteiger partial charge in [-0.1, -0.05) is 23.7 Å². The van der Waals surface area contributed by atoms with E-state index in [0.29, 0.717) is 40.4 Å². The molecule has 1 fully saturated rings. The first kappa shape index (κ1) is 28.8. The fourth-order valence-electron chi connectivity index (χ4n) is 5.09. The number of aromatic nitrogens is 2. The zero-order chi connectivity index (χ0) is 29.2. The number of hydrogen-bond donors (Lipinski definition) is 2. The van der Waals surface area contributed by atoms with E-state index in [9.17, 15) is 19.6 Å². The molecule has 40 heavy (non-hydrogen) atoms. The number of halogens is 1. The Bertz CT molecular complexity index is 1540. The highest BCUT2D eigenvalue weighted by Gasteiger charge is 2.46. The molecule has 1 saturated heterocycles. The van der Waals surface area contributed by atoms with Crippen LogP contribution >= 0.6 is 11.6 Å². The first-order chi connectivity index (χ1) is 18.9. The molecule has 0 saturated carbocycles. The van der Waals surface area contributed by atoms with E-state index in [1.165, 1.54) is 6.07 Å². The van der Waals surface area contributed by atoms with Gasteiger partial charge in [-0.3, -0.25) is 14.4 Å². The van der Waals surface area contributed by atoms with Crippen LogP contribution in [0.3, 0.4) is 0 Å². The van der Waals surface area contributed by atoms with Crippen molar-refractivity contribution in [1.82, 2.24) is 20.4 Å². The molecule has 208 valence electrons. The third kappa shape index (κ3) is 6.02. The third-order valence-corrected chi connectivity index (χ3v) is 7.50. The molecule has 0 spiro atoms. The second-order valence-corrected chi connectivity index (χ2v) is 11.2. The average Bonchev–Trinajstić information content (AvgIpc) is 3.37. The summed E-state index contributed by atoms with van der Waals surface area (Å²) in [6.45, 7) is 8.79. The molecular weight excluding hydrogens is 530 g/mol. The molecule has 1 aromatic heterocycles. The number of H-pyrrole nitrogens is 1. The van der Waals surface area contributed by atoms with Gasteiger partial charge in [-0.25, -0.2) is 5.10 Å². The Balaban J connectivity index is 1.53. The first-order valence-corrected chi connectivity index (χ1v) is 13.4. The summed E-state index contributed by atoms with van der Waals surface area (Å²) in [5, 5.41) is 19.4. The molecule has 0 bridgehead atoms. The number of nitriles is 1. The highest BCUT2D eigenvalue weighted by atomic mass is 35.5. The quantitative estimate of drug-likeness (QED) is 0.406. The molecule has 9 nitrogen and oxygen atoms in total. The van der Waals surface area contributed by atoms with Crippen molar-refractivity contribution in [2.24, 2.45) is 5.41 Å². The zero-order valence-corrected chi connectivity index (χ0v) is 23.9. The second kappa shape index (κ2) is 11.5. The van der Waals surface area contributed by atoms with E-state index >= 15 is 0 Å². The van der Waals surface area contributed by atoms with Gasteiger partial charge in [0.05, 0.1) is 29.3 Å². The number of aryl methyl sites for hydroxylation is 2. The van der Waals surface area contributed by atoms with E-state index in [2.05, 4.69) is 21.6 Å². The number of carbonyl (C=O) groups excluding carboxylic acids is 2. The van der Waals surface area contributed by atoms with E-state index < -0.39 is 22.9 Å². The molecule has 3 aromatic rings. The van der Waals surface area contributed by atoms with Gasteiger partial charge in [-0.15, -0.1) is 0 Å². The summed E-state index contributed by atoms with van der Waals surface area (Å²) >= 11 is 6.25. The van der Waals surface area contributed by atoms with Gasteiger partial charge in [-0.05, 0) is 88.9 Å². The van der Waals surface area contributed by atoms with Crippen LogP contribution < -0.4 is 15.6 Å². The fraction of sp³-hybridized carbons (Fsp3) is 0.367. The van der Waals surface area contributed by atoms with Crippen molar-refractivity contribution in [2.45, 2.75) is 65.6 Å². The molecule has 1 aliphatic rings. The molecule has 2 amide bonds. The summed E-state index contributed by atoms with van der Waals surface area (Å²) in [6.07, 6.45) is 1.34. The molecule has 0 aliphatic carbocycles. The maximum atomic E-state index is 13.8. The molecule has 1 aliphatic heterocycles. The Kier molecular flexibility index (Phi) is 8.31. The van der Waals surface area contributed by atoms with Crippen molar-refractivity contribution in [3.63, 3.8) is 0 Å². The van der Waals surface area contributed by atoms with Crippen LogP contribution in [0.25, 0.3) is 0 Å². The van der Waals surface area contributed by atoms with Gasteiger partial charge >= 0.3 is 5.56 Å². The van der Waals surface area contributed by atoms with Crippen LogP contribution in [0.2, 0.25) is 5.02 Å². The van der Waals surface area contributed by atoms with E-state index in [1.54, 1.807) is 49.9 Å². The predicted octanol–water partition coefficient (Wildman–Crippen LogP) is 5.23. The summed E-state index contributed by atoms with van der Waals surface area (Å²) in [5.74, 6) is -0.183. The Labute approximate surface area is 238 Å². The highest BCUT2D eigenvalue weighted by molar-refractivity contribution is 6.30. The average molecular weight is 562 g/mol. The van der Waals surface area contributed by atoms with E-state index in [1.807, 2.05) is 32.0 Å². The van der Waals surface area contributed by atoms with Gasteiger partial charge in [0.25, 0.3) is 5.91 Å². The van der Waals surface area contributed by atoms with Crippen molar-refractivity contribution in [1.29, 1.82) is 5.26 Å². The third-order valence-electron chi connectivity index (χ3n) is 7.27. The van der Waals surface area contributed by atoms with E-state index in [-0.39, 0.29) is 23.7 Å². The highest BCUT2D eigenvalue weighted by Crippen LogP contribution is 2.43. The smallest absolute Gasteiger partial charge is 0.307 e. The monoisotopic (exact) mass is 561 g/mol. The molecule has 4 rings (SSSR count). The number of carbonyl (C=O) groups is 2. The zero-order valence-electron chi connectivity index (χ0n) is 23.1. The number of benzene rings is 2. The van der Waals surface area contributed by atoms with Crippen LogP contribution in [-0.4, -0.2) is 39.0 Å². The van der Waals surface area contributed by atoms with Gasteiger partial charge in [0.15, 0.2) is 5.75 Å². The van der Waals surface area contributed by atoms with E-state index in [4.69, 9.17) is 16.3 Å². The number of hydrogen-bond acceptors (Lipinski definition) is 6. The maximum Gasteiger partial charge on any atom is 0.307 e. The van der Waals surface area contributed by atoms with Crippen molar-refractivity contribution < 1.29 is 14.3 Å². The number of likely N-dealkylation sites (tertiary alicyclic amines) is 1. The second-order valence-electron chi connectivity index (χ2n) is 10.7. The summed E-state index contributed by atoms with van der Waals surface area (Å²) in [5.41, 5.74) is 1.22. The van der Waals surface area contributed by atoms with Crippen LogP contribution in [0.15, 0.2) is 53.3 Å². The van der Waals surface area contributed by atoms with Crippen LogP contribution in [0.5, 0.6) is 11.5 Å². The minimum atomic E-state index is -0.848. The standard InChI is InChI=1S/C30H32ClN5O4/c1-17-13-21(9-11-24(17)40-25-14-18(2)34-35-28(25)38)27(37)33-19(3)29(39)36-23(20-7-6-8-22(31)15-20)10-12-26(36)30(4,5)16-32/h6-9,11,13-15,19,23,26H,10,12H2,1-5H3,(H,33,37)(H,35,38)/t19-,23+,26-/m1/s1. The number of aromatic amines is 1. The molecule has 0 unspecified atom stereocenters. The lowest BCUT2D eigenvalue weighted by Crippen LogP contribution is -2.52. The summed E-state index contributed by atoms with van der Waals surface area (Å²) in [6, 6.07) is 14.6. The lowest BCUT2D eigenvalue weighted by Gasteiger charge is -2.38. The predicted molar refractivity (Wildman–Crippen MR) is 151 cm³/mol. The topological polar surface area (TPSA) is 128 Å². The van der Waals surface area contributed by atoms with Crippen LogP contribution in [0.1, 0.15) is 66.8 Å². The molecule has 0 radical (unpaired) electrons. The van der Waals surface area contributed by atoms with Gasteiger partial charge in [0.2, 0.25) is 5.91 Å². The van der Waals surface area contributed by atoms with Crippen molar-refractivity contribution in [3.05, 3.63) is 86.3 Å². The van der Waals surface area contributed by atoms with Gasteiger partial charge < -0.3 is 15.0 Å². The Morgan fingerprint density at radius 2 is 1.93 bits per heavy atom. The molecular formula is C30H32ClN5O4. The number of nitrogens with zero attached hydrogens (tertiary/aromatic N) is 3. The lowest BCUT2D eigenvalue weighted by atomic mass is 9.84. The van der Waals surface area contributed by atoms with Crippen molar-refractivity contribution in [3.8, 4) is 17.6 Å². The Morgan fingerprint density at radius 3 is 2.60 bits per heavy atom. The lowest BCUT2D eigenvalue weighted by molar-refractivity contribution is -0.137. The number of rotatable bonds is 7. The summed E-state index contributed by atoms with van der Waals surface area (Å²) < 4.78 is 5.75. The number of ether oxygens (including phenoxy) is 1. The summed E-state index contributed by atoms with van der Waals surface area (Å²) in [7, 11) is 0.